The summed E-state index contributed by atoms with van der Waals surface area (Å²) >= 11 is 0. The standard InChI is InChI=1S/C7H13N3O.C2H6/c1-4-10-5(2)6(8)9(3)7(10)11;1-2/h5,8H,4H2,1-3H3;1-2H3. The number of amidine groups is 1. The molecule has 1 saturated heterocycles. The SMILES string of the molecule is CC.CCN1C(=O)N(C)C(=N)C1C. The molecule has 1 fully saturated rings. The topological polar surface area (TPSA) is 47.4 Å². The number of amides is 2. The fourth-order valence-corrected chi connectivity index (χ4v) is 1.30. The van der Waals surface area contributed by atoms with Gasteiger partial charge in [0.1, 0.15) is 5.84 Å². The predicted molar refractivity (Wildman–Crippen MR) is 54.1 cm³/mol. The van der Waals surface area contributed by atoms with E-state index < -0.39 is 0 Å². The van der Waals surface area contributed by atoms with E-state index >= 15 is 0 Å². The second-order valence-corrected chi connectivity index (χ2v) is 2.69. The molecule has 0 saturated carbocycles. The van der Waals surface area contributed by atoms with Gasteiger partial charge in [0.2, 0.25) is 0 Å². The molecule has 1 rings (SSSR count). The third-order valence-corrected chi connectivity index (χ3v) is 2.10. The Balaban J connectivity index is 0.000000671. The highest BCUT2D eigenvalue weighted by molar-refractivity contribution is 6.04. The maximum Gasteiger partial charge on any atom is 0.325 e. The van der Waals surface area contributed by atoms with Gasteiger partial charge in [-0.25, -0.2) is 4.79 Å². The number of rotatable bonds is 1. The number of hydrogen-bond acceptors (Lipinski definition) is 2. The molecule has 4 nitrogen and oxygen atoms in total. The maximum atomic E-state index is 11.3. The van der Waals surface area contributed by atoms with Crippen LogP contribution in [0.3, 0.4) is 0 Å². The predicted octanol–water partition coefficient (Wildman–Crippen LogP) is 1.77. The Kier molecular flexibility index (Phi) is 4.45. The van der Waals surface area contributed by atoms with Gasteiger partial charge < -0.3 is 4.90 Å². The number of urea groups is 1. The summed E-state index contributed by atoms with van der Waals surface area (Å²) in [5.41, 5.74) is 0. The fraction of sp³-hybridized carbons (Fsp3) is 0.778. The van der Waals surface area contributed by atoms with Crippen LogP contribution in [0, 0.1) is 5.41 Å². The Morgan fingerprint density at radius 3 is 2.08 bits per heavy atom. The number of hydrogen-bond donors (Lipinski definition) is 1. The summed E-state index contributed by atoms with van der Waals surface area (Å²) in [6, 6.07) is -0.123. The van der Waals surface area contributed by atoms with Gasteiger partial charge in [-0.05, 0) is 13.8 Å². The minimum absolute atomic E-state index is 0.0579. The minimum atomic E-state index is -0.0648. The van der Waals surface area contributed by atoms with Crippen molar-refractivity contribution in [2.24, 2.45) is 0 Å². The lowest BCUT2D eigenvalue weighted by atomic mass is 10.3. The summed E-state index contributed by atoms with van der Waals surface area (Å²) in [5, 5.41) is 7.49. The molecule has 1 atom stereocenters. The van der Waals surface area contributed by atoms with Gasteiger partial charge in [-0.1, -0.05) is 13.8 Å². The number of likely N-dealkylation sites (N-methyl/N-ethyl adjacent to an activating group) is 2. The van der Waals surface area contributed by atoms with Gasteiger partial charge in [0.25, 0.3) is 0 Å². The molecule has 1 aliphatic rings. The highest BCUT2D eigenvalue weighted by Gasteiger charge is 2.35. The van der Waals surface area contributed by atoms with Gasteiger partial charge in [-0.2, -0.15) is 0 Å². The fourth-order valence-electron chi connectivity index (χ4n) is 1.30. The van der Waals surface area contributed by atoms with Gasteiger partial charge >= 0.3 is 6.03 Å². The summed E-state index contributed by atoms with van der Waals surface area (Å²) in [6.45, 7) is 8.46. The van der Waals surface area contributed by atoms with Crippen molar-refractivity contribution in [3.8, 4) is 0 Å². The summed E-state index contributed by atoms with van der Waals surface area (Å²) in [5.74, 6) is 0.386. The molecule has 1 heterocycles. The van der Waals surface area contributed by atoms with Crippen molar-refractivity contribution in [1.29, 1.82) is 5.41 Å². The molecule has 13 heavy (non-hydrogen) atoms. The van der Waals surface area contributed by atoms with Crippen LogP contribution in [-0.2, 0) is 0 Å². The largest absolute Gasteiger partial charge is 0.325 e. The molecule has 0 aromatic rings. The van der Waals surface area contributed by atoms with Crippen LogP contribution in [0.25, 0.3) is 0 Å². The van der Waals surface area contributed by atoms with Crippen LogP contribution in [0.2, 0.25) is 0 Å². The lowest BCUT2D eigenvalue weighted by Crippen LogP contribution is -2.32. The van der Waals surface area contributed by atoms with Crippen molar-refractivity contribution in [2.75, 3.05) is 13.6 Å². The van der Waals surface area contributed by atoms with Gasteiger partial charge in [0.05, 0.1) is 6.04 Å². The Morgan fingerprint density at radius 2 is 1.92 bits per heavy atom. The van der Waals surface area contributed by atoms with Gasteiger partial charge in [0.15, 0.2) is 0 Å². The maximum absolute atomic E-state index is 11.3. The van der Waals surface area contributed by atoms with Gasteiger partial charge in [-0.15, -0.1) is 0 Å². The van der Waals surface area contributed by atoms with Crippen molar-refractivity contribution in [1.82, 2.24) is 9.80 Å². The third-order valence-electron chi connectivity index (χ3n) is 2.10. The highest BCUT2D eigenvalue weighted by atomic mass is 16.2. The van der Waals surface area contributed by atoms with E-state index in [0.717, 1.165) is 0 Å². The molecule has 0 aromatic carbocycles. The quantitative estimate of drug-likeness (QED) is 0.665. The number of carbonyl (C=O) groups excluding carboxylic acids is 1. The zero-order valence-corrected chi connectivity index (χ0v) is 9.09. The summed E-state index contributed by atoms with van der Waals surface area (Å²) < 4.78 is 0. The van der Waals surface area contributed by atoms with Crippen molar-refractivity contribution in [3.05, 3.63) is 0 Å². The minimum Gasteiger partial charge on any atom is -0.315 e. The Bertz CT molecular complexity index is 203. The normalized spacial score (nSPS) is 21.8. The molecular formula is C9H19N3O. The van der Waals surface area contributed by atoms with Crippen LogP contribution in [0.1, 0.15) is 27.7 Å². The molecule has 1 aliphatic heterocycles. The molecule has 4 heteroatoms. The molecular weight excluding hydrogens is 166 g/mol. The summed E-state index contributed by atoms with van der Waals surface area (Å²) in [6.07, 6.45) is 0. The summed E-state index contributed by atoms with van der Waals surface area (Å²) in [4.78, 5) is 14.3. The average Bonchev–Trinajstić information content (AvgIpc) is 2.35. The zero-order valence-electron chi connectivity index (χ0n) is 9.09. The Morgan fingerprint density at radius 1 is 1.46 bits per heavy atom. The molecule has 1 N–H and O–H groups in total. The summed E-state index contributed by atoms with van der Waals surface area (Å²) in [7, 11) is 1.64. The molecule has 76 valence electrons. The van der Waals surface area contributed by atoms with Crippen molar-refractivity contribution in [2.45, 2.75) is 33.7 Å². The highest BCUT2D eigenvalue weighted by Crippen LogP contribution is 2.14. The van der Waals surface area contributed by atoms with E-state index in [9.17, 15) is 4.79 Å². The van der Waals surface area contributed by atoms with E-state index in [1.165, 1.54) is 4.90 Å². The van der Waals surface area contributed by atoms with E-state index in [2.05, 4.69) is 0 Å². The van der Waals surface area contributed by atoms with Gasteiger partial charge in [0, 0.05) is 13.6 Å². The molecule has 1 unspecified atom stereocenters. The van der Waals surface area contributed by atoms with Gasteiger partial charge in [-0.3, -0.25) is 10.3 Å². The molecule has 0 bridgehead atoms. The van der Waals surface area contributed by atoms with E-state index in [-0.39, 0.29) is 12.1 Å². The molecule has 0 radical (unpaired) electrons. The first-order chi connectivity index (χ1) is 6.09. The van der Waals surface area contributed by atoms with E-state index in [1.807, 2.05) is 27.7 Å². The number of nitrogens with one attached hydrogen (secondary N) is 1. The first-order valence-electron chi connectivity index (χ1n) is 4.72. The lowest BCUT2D eigenvalue weighted by Gasteiger charge is -2.15. The van der Waals surface area contributed by atoms with Crippen LogP contribution >= 0.6 is 0 Å². The van der Waals surface area contributed by atoms with Crippen LogP contribution in [-0.4, -0.2) is 41.3 Å². The zero-order chi connectivity index (χ0) is 10.6. The van der Waals surface area contributed by atoms with Crippen LogP contribution in [0.15, 0.2) is 0 Å². The van der Waals surface area contributed by atoms with Crippen LogP contribution in [0.4, 0.5) is 4.79 Å². The molecule has 2 amide bonds. The van der Waals surface area contributed by atoms with Crippen molar-refractivity contribution in [3.63, 3.8) is 0 Å². The van der Waals surface area contributed by atoms with E-state index in [0.29, 0.717) is 12.4 Å². The Hall–Kier alpha value is -1.06. The molecule has 0 spiro atoms. The van der Waals surface area contributed by atoms with Crippen LogP contribution < -0.4 is 0 Å². The van der Waals surface area contributed by atoms with Crippen molar-refractivity contribution < 1.29 is 4.79 Å². The number of nitrogens with zero attached hydrogens (tertiary/aromatic N) is 2. The average molecular weight is 185 g/mol. The smallest absolute Gasteiger partial charge is 0.315 e. The molecule has 0 aromatic heterocycles. The Labute approximate surface area is 80.0 Å². The first-order valence-corrected chi connectivity index (χ1v) is 4.72. The van der Waals surface area contributed by atoms with Crippen LogP contribution in [0.5, 0.6) is 0 Å². The van der Waals surface area contributed by atoms with Crippen molar-refractivity contribution >= 4 is 11.9 Å². The number of carbonyl (C=O) groups is 1. The molecule has 0 aliphatic carbocycles. The van der Waals surface area contributed by atoms with E-state index in [4.69, 9.17) is 5.41 Å². The first kappa shape index (κ1) is 11.9. The second-order valence-electron chi connectivity index (χ2n) is 2.69. The second kappa shape index (κ2) is 4.84. The lowest BCUT2D eigenvalue weighted by molar-refractivity contribution is 0.196. The van der Waals surface area contributed by atoms with E-state index in [1.54, 1.807) is 11.9 Å². The third kappa shape index (κ3) is 1.99. The monoisotopic (exact) mass is 185 g/mol.